The zero-order valence-electron chi connectivity index (χ0n) is 10.2. The second kappa shape index (κ2) is 5.45. The predicted molar refractivity (Wildman–Crippen MR) is 73.9 cm³/mol. The molecule has 100 valence electrons. The lowest BCUT2D eigenvalue weighted by molar-refractivity contribution is 0.0529. The molecule has 2 nitrogen and oxygen atoms in total. The molecule has 0 aliphatic heterocycles. The van der Waals surface area contributed by atoms with Gasteiger partial charge >= 0.3 is 0 Å². The Labute approximate surface area is 120 Å². The molecule has 0 radical (unpaired) electrons. The highest BCUT2D eigenvalue weighted by Crippen LogP contribution is 2.31. The van der Waals surface area contributed by atoms with E-state index >= 15 is 0 Å². The van der Waals surface area contributed by atoms with Gasteiger partial charge in [-0.1, -0.05) is 35.3 Å². The van der Waals surface area contributed by atoms with Gasteiger partial charge in [0.25, 0.3) is 0 Å². The van der Waals surface area contributed by atoms with Crippen LogP contribution in [0.2, 0.25) is 10.0 Å². The maximum atomic E-state index is 12.8. The van der Waals surface area contributed by atoms with Crippen LogP contribution in [0.15, 0.2) is 36.5 Å². The molecule has 1 unspecified atom stereocenters. The molecule has 0 bridgehead atoms. The minimum Gasteiger partial charge on any atom is -0.383 e. The first-order chi connectivity index (χ1) is 8.90. The van der Waals surface area contributed by atoms with Gasteiger partial charge in [0.2, 0.25) is 0 Å². The van der Waals surface area contributed by atoms with Gasteiger partial charge in [-0.3, -0.25) is 4.98 Å². The number of benzene rings is 1. The van der Waals surface area contributed by atoms with Gasteiger partial charge in [0.1, 0.15) is 11.4 Å². The Morgan fingerprint density at radius 1 is 1.26 bits per heavy atom. The lowest BCUT2D eigenvalue weighted by Gasteiger charge is -2.23. The van der Waals surface area contributed by atoms with E-state index in [1.54, 1.807) is 25.1 Å². The molecule has 2 rings (SSSR count). The molecular weight excluding hydrogens is 288 g/mol. The van der Waals surface area contributed by atoms with Crippen molar-refractivity contribution in [2.45, 2.75) is 18.9 Å². The van der Waals surface area contributed by atoms with Crippen LogP contribution in [0.25, 0.3) is 0 Å². The van der Waals surface area contributed by atoms with Crippen LogP contribution in [-0.4, -0.2) is 10.1 Å². The van der Waals surface area contributed by atoms with Crippen LogP contribution in [0.1, 0.15) is 18.2 Å². The highest BCUT2D eigenvalue weighted by Gasteiger charge is 2.26. The van der Waals surface area contributed by atoms with Crippen LogP contribution in [0.5, 0.6) is 0 Å². The minimum absolute atomic E-state index is 0.241. The number of rotatable bonds is 3. The Bertz CT molecular complexity index is 584. The highest BCUT2D eigenvalue weighted by atomic mass is 35.5. The van der Waals surface area contributed by atoms with Crippen molar-refractivity contribution in [2.24, 2.45) is 0 Å². The van der Waals surface area contributed by atoms with Gasteiger partial charge in [-0.2, -0.15) is 0 Å². The van der Waals surface area contributed by atoms with Gasteiger partial charge in [-0.15, -0.1) is 0 Å². The molecule has 1 N–H and O–H groups in total. The first kappa shape index (κ1) is 14.3. The van der Waals surface area contributed by atoms with E-state index in [4.69, 9.17) is 23.2 Å². The molecule has 1 aromatic carbocycles. The van der Waals surface area contributed by atoms with Gasteiger partial charge in [0.05, 0.1) is 21.9 Å². The molecule has 0 aliphatic carbocycles. The van der Waals surface area contributed by atoms with E-state index in [1.165, 1.54) is 12.1 Å². The number of nitrogens with zero attached hydrogens (tertiary/aromatic N) is 1. The standard InChI is InChI=1S/C14H12Cl2FNO/c1-14(19,12-6-5-10(17)8-18-12)7-9-3-2-4-11(15)13(9)16/h2-6,8,19H,7H2,1H3. The summed E-state index contributed by atoms with van der Waals surface area (Å²) in [5, 5.41) is 11.3. The van der Waals surface area contributed by atoms with Gasteiger partial charge in [0.15, 0.2) is 0 Å². The lowest BCUT2D eigenvalue weighted by Crippen LogP contribution is -2.25. The number of pyridine rings is 1. The Morgan fingerprint density at radius 2 is 2.00 bits per heavy atom. The number of hydrogen-bond donors (Lipinski definition) is 1. The summed E-state index contributed by atoms with van der Waals surface area (Å²) < 4.78 is 12.8. The maximum absolute atomic E-state index is 12.8. The second-order valence-electron chi connectivity index (χ2n) is 4.53. The summed E-state index contributed by atoms with van der Waals surface area (Å²) in [4.78, 5) is 3.90. The van der Waals surface area contributed by atoms with Gasteiger partial charge in [-0.25, -0.2) is 4.39 Å². The predicted octanol–water partition coefficient (Wildman–Crippen LogP) is 3.98. The summed E-state index contributed by atoms with van der Waals surface area (Å²) in [6, 6.07) is 7.94. The van der Waals surface area contributed by atoms with E-state index in [1.807, 2.05) is 0 Å². The van der Waals surface area contributed by atoms with E-state index in [-0.39, 0.29) is 6.42 Å². The molecule has 1 aromatic heterocycles. The summed E-state index contributed by atoms with van der Waals surface area (Å²) in [6.07, 6.45) is 1.31. The van der Waals surface area contributed by atoms with E-state index in [2.05, 4.69) is 4.98 Å². The van der Waals surface area contributed by atoms with Crippen molar-refractivity contribution in [1.29, 1.82) is 0 Å². The van der Waals surface area contributed by atoms with E-state index < -0.39 is 11.4 Å². The smallest absolute Gasteiger partial charge is 0.141 e. The summed E-state index contributed by atoms with van der Waals surface area (Å²) in [5.41, 5.74) is -0.155. The fourth-order valence-electron chi connectivity index (χ4n) is 1.84. The molecule has 0 fully saturated rings. The molecular formula is C14H12Cl2FNO. The first-order valence-corrected chi connectivity index (χ1v) is 6.43. The van der Waals surface area contributed by atoms with E-state index in [9.17, 15) is 9.50 Å². The fourth-order valence-corrected chi connectivity index (χ4v) is 2.23. The van der Waals surface area contributed by atoms with Crippen molar-refractivity contribution in [2.75, 3.05) is 0 Å². The SMILES string of the molecule is CC(O)(Cc1cccc(Cl)c1Cl)c1ccc(F)cn1. The largest absolute Gasteiger partial charge is 0.383 e. The summed E-state index contributed by atoms with van der Waals surface area (Å²) in [6.45, 7) is 1.60. The van der Waals surface area contributed by atoms with Crippen molar-refractivity contribution in [3.05, 3.63) is 63.6 Å². The molecule has 5 heteroatoms. The molecule has 0 spiro atoms. The summed E-state index contributed by atoms with van der Waals surface area (Å²) in [5.74, 6) is -0.444. The number of aromatic nitrogens is 1. The van der Waals surface area contributed by atoms with Crippen LogP contribution >= 0.6 is 23.2 Å². The summed E-state index contributed by atoms with van der Waals surface area (Å²) >= 11 is 12.0. The zero-order valence-corrected chi connectivity index (χ0v) is 11.7. The van der Waals surface area contributed by atoms with Crippen LogP contribution in [0, 0.1) is 5.82 Å². The monoisotopic (exact) mass is 299 g/mol. The first-order valence-electron chi connectivity index (χ1n) is 5.67. The Hall–Kier alpha value is -1.16. The van der Waals surface area contributed by atoms with Crippen LogP contribution in [-0.2, 0) is 12.0 Å². The molecule has 0 amide bonds. The van der Waals surface area contributed by atoms with Crippen molar-refractivity contribution < 1.29 is 9.50 Å². The maximum Gasteiger partial charge on any atom is 0.141 e. The van der Waals surface area contributed by atoms with Crippen LogP contribution in [0.4, 0.5) is 4.39 Å². The quantitative estimate of drug-likeness (QED) is 0.930. The Balaban J connectivity index is 2.30. The lowest BCUT2D eigenvalue weighted by atomic mass is 9.93. The van der Waals surface area contributed by atoms with Crippen molar-refractivity contribution in [1.82, 2.24) is 4.98 Å². The normalized spacial score (nSPS) is 14.2. The topological polar surface area (TPSA) is 33.1 Å². The second-order valence-corrected chi connectivity index (χ2v) is 5.31. The third-order valence-corrected chi connectivity index (χ3v) is 3.70. The van der Waals surface area contributed by atoms with E-state index in [0.29, 0.717) is 21.3 Å². The number of halogens is 3. The minimum atomic E-state index is -1.25. The summed E-state index contributed by atoms with van der Waals surface area (Å²) in [7, 11) is 0. The Kier molecular flexibility index (Phi) is 4.09. The molecule has 1 heterocycles. The average Bonchev–Trinajstić information content (AvgIpc) is 2.35. The number of hydrogen-bond acceptors (Lipinski definition) is 2. The molecule has 0 aliphatic rings. The van der Waals surface area contributed by atoms with Crippen molar-refractivity contribution in [3.63, 3.8) is 0 Å². The van der Waals surface area contributed by atoms with Gasteiger partial charge in [0, 0.05) is 6.42 Å². The number of aliphatic hydroxyl groups is 1. The third-order valence-electron chi connectivity index (χ3n) is 2.85. The molecule has 0 saturated heterocycles. The molecule has 19 heavy (non-hydrogen) atoms. The van der Waals surface area contributed by atoms with Gasteiger partial charge < -0.3 is 5.11 Å². The van der Waals surface area contributed by atoms with E-state index in [0.717, 1.165) is 6.20 Å². The average molecular weight is 300 g/mol. The molecule has 1 atom stereocenters. The van der Waals surface area contributed by atoms with Crippen LogP contribution < -0.4 is 0 Å². The van der Waals surface area contributed by atoms with Crippen LogP contribution in [0.3, 0.4) is 0 Å². The third kappa shape index (κ3) is 3.24. The molecule has 2 aromatic rings. The highest BCUT2D eigenvalue weighted by molar-refractivity contribution is 6.42. The van der Waals surface area contributed by atoms with Crippen molar-refractivity contribution in [3.8, 4) is 0 Å². The Morgan fingerprint density at radius 3 is 2.63 bits per heavy atom. The molecule has 0 saturated carbocycles. The fraction of sp³-hybridized carbons (Fsp3) is 0.214. The zero-order chi connectivity index (χ0) is 14.0. The van der Waals surface area contributed by atoms with Gasteiger partial charge in [-0.05, 0) is 30.7 Å². The van der Waals surface area contributed by atoms with Crippen molar-refractivity contribution >= 4 is 23.2 Å².